The van der Waals surface area contributed by atoms with Crippen LogP contribution < -0.4 is 16.0 Å². The summed E-state index contributed by atoms with van der Waals surface area (Å²) in [7, 11) is 0. The van der Waals surface area contributed by atoms with Crippen LogP contribution in [0.3, 0.4) is 0 Å². The Labute approximate surface area is 212 Å². The fourth-order valence-corrected chi connectivity index (χ4v) is 4.36. The van der Waals surface area contributed by atoms with Gasteiger partial charge in [-0.25, -0.2) is 0 Å². The predicted molar refractivity (Wildman–Crippen MR) is 142 cm³/mol. The first-order valence-corrected chi connectivity index (χ1v) is 12.3. The van der Waals surface area contributed by atoms with Crippen LogP contribution in [0.1, 0.15) is 29.3 Å². The van der Waals surface area contributed by atoms with Crippen molar-refractivity contribution in [3.8, 4) is 11.1 Å². The molecule has 0 bridgehead atoms. The van der Waals surface area contributed by atoms with E-state index in [1.807, 2.05) is 29.2 Å². The normalized spacial score (nSPS) is 13.3. The Balaban J connectivity index is 1.59. The number of carbonyl (C=O) groups excluding carboxylic acids is 2. The van der Waals surface area contributed by atoms with Crippen LogP contribution in [0, 0.1) is 0 Å². The van der Waals surface area contributed by atoms with E-state index in [0.29, 0.717) is 38.4 Å². The molecule has 0 atom stereocenters. The molecule has 2 amide bonds. The topological polar surface area (TPSA) is 101 Å². The van der Waals surface area contributed by atoms with E-state index in [1.165, 1.54) is 6.92 Å². The zero-order valence-corrected chi connectivity index (χ0v) is 20.7. The number of benzene rings is 2. The number of amides is 2. The van der Waals surface area contributed by atoms with Crippen LogP contribution in [-0.4, -0.2) is 61.1 Å². The molecule has 0 radical (unpaired) electrons. The summed E-state index contributed by atoms with van der Waals surface area (Å²) < 4.78 is 5.48. The third kappa shape index (κ3) is 6.47. The first kappa shape index (κ1) is 25.3. The van der Waals surface area contributed by atoms with Gasteiger partial charge in [-0.05, 0) is 60.0 Å². The molecule has 0 unspecified atom stereocenters. The highest BCUT2D eigenvalue weighted by molar-refractivity contribution is 5.95. The van der Waals surface area contributed by atoms with Gasteiger partial charge in [0.1, 0.15) is 0 Å². The van der Waals surface area contributed by atoms with Gasteiger partial charge in [-0.3, -0.25) is 14.6 Å². The van der Waals surface area contributed by atoms with Gasteiger partial charge in [-0.1, -0.05) is 24.3 Å². The number of ether oxygens (including phenoxy) is 1. The maximum atomic E-state index is 13.1. The van der Waals surface area contributed by atoms with Crippen LogP contribution >= 0.6 is 0 Å². The summed E-state index contributed by atoms with van der Waals surface area (Å²) >= 11 is 0. The second-order valence-corrected chi connectivity index (χ2v) is 8.82. The third-order valence-corrected chi connectivity index (χ3v) is 6.12. The number of nitrogens with two attached hydrogens (primary N) is 1. The van der Waals surface area contributed by atoms with Crippen LogP contribution in [0.2, 0.25) is 0 Å². The summed E-state index contributed by atoms with van der Waals surface area (Å²) in [5.74, 6) is -0.176. The van der Waals surface area contributed by atoms with Crippen molar-refractivity contribution in [2.45, 2.75) is 19.9 Å². The number of hydrogen-bond donors (Lipinski definition) is 2. The molecule has 3 aromatic rings. The van der Waals surface area contributed by atoms with E-state index in [4.69, 9.17) is 10.5 Å². The summed E-state index contributed by atoms with van der Waals surface area (Å²) in [6.45, 7) is 5.96. The highest BCUT2D eigenvalue weighted by Gasteiger charge is 2.18. The highest BCUT2D eigenvalue weighted by Crippen LogP contribution is 2.32. The zero-order valence-electron chi connectivity index (χ0n) is 20.7. The van der Waals surface area contributed by atoms with E-state index in [1.54, 1.807) is 24.5 Å². The molecule has 3 N–H and O–H groups in total. The Bertz CT molecular complexity index is 1180. The van der Waals surface area contributed by atoms with Crippen LogP contribution in [0.5, 0.6) is 0 Å². The predicted octanol–water partition coefficient (Wildman–Crippen LogP) is 3.53. The lowest BCUT2D eigenvalue weighted by Crippen LogP contribution is -2.36. The van der Waals surface area contributed by atoms with Gasteiger partial charge in [0.05, 0.1) is 30.2 Å². The second kappa shape index (κ2) is 12.3. The molecule has 1 saturated heterocycles. The zero-order chi connectivity index (χ0) is 25.3. The van der Waals surface area contributed by atoms with Gasteiger partial charge in [0.2, 0.25) is 5.91 Å². The lowest BCUT2D eigenvalue weighted by atomic mass is 10.0. The smallest absolute Gasteiger partial charge is 0.255 e. The van der Waals surface area contributed by atoms with Crippen LogP contribution in [0.15, 0.2) is 67.0 Å². The van der Waals surface area contributed by atoms with Crippen molar-refractivity contribution >= 4 is 23.2 Å². The molecule has 0 aliphatic carbocycles. The average Bonchev–Trinajstić information content (AvgIpc) is 2.91. The van der Waals surface area contributed by atoms with Gasteiger partial charge in [-0.2, -0.15) is 0 Å². The Morgan fingerprint density at radius 1 is 1.08 bits per heavy atom. The van der Waals surface area contributed by atoms with E-state index in [0.717, 1.165) is 47.6 Å². The molecular formula is C28H33N5O3. The van der Waals surface area contributed by atoms with Crippen molar-refractivity contribution in [2.24, 2.45) is 5.73 Å². The van der Waals surface area contributed by atoms with E-state index in [-0.39, 0.29) is 11.8 Å². The molecule has 1 aliphatic rings. The fraction of sp³-hybridized carbons (Fsp3) is 0.321. The van der Waals surface area contributed by atoms with Crippen molar-refractivity contribution < 1.29 is 14.3 Å². The number of carbonyl (C=O) groups is 2. The lowest BCUT2D eigenvalue weighted by molar-refractivity contribution is -0.114. The van der Waals surface area contributed by atoms with Gasteiger partial charge in [0.25, 0.3) is 5.91 Å². The highest BCUT2D eigenvalue weighted by atomic mass is 16.5. The fourth-order valence-electron chi connectivity index (χ4n) is 4.36. The number of nitrogens with zero attached hydrogens (tertiary/aromatic N) is 3. The van der Waals surface area contributed by atoms with Crippen molar-refractivity contribution in [3.63, 3.8) is 0 Å². The average molecular weight is 488 g/mol. The summed E-state index contributed by atoms with van der Waals surface area (Å²) in [5.41, 5.74) is 11.1. The number of hydrogen-bond acceptors (Lipinski definition) is 6. The molecule has 0 spiro atoms. The van der Waals surface area contributed by atoms with E-state index in [2.05, 4.69) is 33.4 Å². The number of aromatic nitrogens is 1. The van der Waals surface area contributed by atoms with Gasteiger partial charge in [0.15, 0.2) is 0 Å². The van der Waals surface area contributed by atoms with Gasteiger partial charge >= 0.3 is 0 Å². The van der Waals surface area contributed by atoms with Crippen LogP contribution in [-0.2, 0) is 16.1 Å². The van der Waals surface area contributed by atoms with E-state index in [9.17, 15) is 9.59 Å². The van der Waals surface area contributed by atoms with Crippen molar-refractivity contribution in [3.05, 3.63) is 78.1 Å². The Hall–Kier alpha value is -3.75. The number of nitrogens with one attached hydrogen (secondary N) is 1. The summed E-state index contributed by atoms with van der Waals surface area (Å²) in [5, 5.41) is 2.99. The molecule has 8 nitrogen and oxygen atoms in total. The van der Waals surface area contributed by atoms with E-state index >= 15 is 0 Å². The lowest BCUT2D eigenvalue weighted by Gasteiger charge is -2.30. The molecule has 4 rings (SSSR count). The first-order chi connectivity index (χ1) is 17.5. The first-order valence-electron chi connectivity index (χ1n) is 12.3. The Kier molecular flexibility index (Phi) is 8.65. The monoisotopic (exact) mass is 487 g/mol. The van der Waals surface area contributed by atoms with Gasteiger partial charge in [-0.15, -0.1) is 0 Å². The summed E-state index contributed by atoms with van der Waals surface area (Å²) in [6, 6.07) is 17.8. The molecule has 0 saturated carbocycles. The van der Waals surface area contributed by atoms with Gasteiger partial charge < -0.3 is 25.6 Å². The maximum Gasteiger partial charge on any atom is 0.255 e. The van der Waals surface area contributed by atoms with Crippen molar-refractivity contribution in [1.29, 1.82) is 0 Å². The number of pyridine rings is 1. The van der Waals surface area contributed by atoms with Crippen LogP contribution in [0.25, 0.3) is 11.1 Å². The quantitative estimate of drug-likeness (QED) is 0.479. The van der Waals surface area contributed by atoms with Gasteiger partial charge in [0, 0.05) is 45.5 Å². The molecule has 1 aliphatic heterocycles. The number of morpholine rings is 1. The molecule has 36 heavy (non-hydrogen) atoms. The van der Waals surface area contributed by atoms with E-state index < -0.39 is 0 Å². The Morgan fingerprint density at radius 2 is 1.89 bits per heavy atom. The molecule has 1 aromatic heterocycles. The minimum atomic E-state index is -0.111. The molecular weight excluding hydrogens is 454 g/mol. The minimum Gasteiger partial charge on any atom is -0.378 e. The SMILES string of the molecule is CC(=O)Nc1cc(-c2cccc(CN(CCCN)C(=O)c3cccnc3)c2)ccc1N1CCOCC1. The molecule has 8 heteroatoms. The summed E-state index contributed by atoms with van der Waals surface area (Å²) in [4.78, 5) is 33.2. The standard InChI is InChI=1S/C28H33N5O3/c1-21(34)31-26-18-24(8-9-27(26)32-13-15-36-16-14-32)23-6-2-5-22(17-23)20-33(12-4-10-29)28(35)25-7-3-11-30-19-25/h2-3,5-9,11,17-19H,4,10,12-16,20,29H2,1H3,(H,31,34). The Morgan fingerprint density at radius 3 is 2.61 bits per heavy atom. The third-order valence-electron chi connectivity index (χ3n) is 6.12. The molecule has 2 heterocycles. The molecule has 1 fully saturated rings. The second-order valence-electron chi connectivity index (χ2n) is 8.82. The molecule has 2 aromatic carbocycles. The van der Waals surface area contributed by atoms with Crippen LogP contribution in [0.4, 0.5) is 11.4 Å². The largest absolute Gasteiger partial charge is 0.378 e. The van der Waals surface area contributed by atoms with Crippen molar-refractivity contribution in [1.82, 2.24) is 9.88 Å². The minimum absolute atomic E-state index is 0.0650. The molecule has 188 valence electrons. The summed E-state index contributed by atoms with van der Waals surface area (Å²) in [6.07, 6.45) is 3.96. The number of anilines is 2. The maximum absolute atomic E-state index is 13.1. The number of rotatable bonds is 9. The van der Waals surface area contributed by atoms with Crippen molar-refractivity contribution in [2.75, 3.05) is 49.6 Å².